The first-order chi connectivity index (χ1) is 7.65. The van der Waals surface area contributed by atoms with Gasteiger partial charge in [0, 0.05) is 4.70 Å². The fraction of sp³-hybridized carbons (Fsp3) is 0.182. The summed E-state index contributed by atoms with van der Waals surface area (Å²) in [6, 6.07) is 4.20. The largest absolute Gasteiger partial charge is 0.462 e. The van der Waals surface area contributed by atoms with Crippen molar-refractivity contribution in [2.45, 2.75) is 6.92 Å². The third-order valence-electron chi connectivity index (χ3n) is 2.07. The van der Waals surface area contributed by atoms with E-state index < -0.39 is 17.6 Å². The van der Waals surface area contributed by atoms with Crippen LogP contribution in [0.4, 0.5) is 8.78 Å². The lowest BCUT2D eigenvalue weighted by atomic mass is 10.2. The molecule has 0 saturated heterocycles. The molecule has 0 spiro atoms. The number of fused-ring (bicyclic) bond motifs is 1. The summed E-state index contributed by atoms with van der Waals surface area (Å²) in [6.07, 6.45) is 0. The molecule has 0 N–H and O–H groups in total. The fourth-order valence-corrected chi connectivity index (χ4v) is 2.39. The maximum atomic E-state index is 13.7. The highest BCUT2D eigenvalue weighted by Gasteiger charge is 2.21. The molecule has 84 valence electrons. The van der Waals surface area contributed by atoms with Gasteiger partial charge < -0.3 is 4.74 Å². The summed E-state index contributed by atoms with van der Waals surface area (Å²) in [4.78, 5) is 11.2. The van der Waals surface area contributed by atoms with Crippen molar-refractivity contribution in [3.8, 4) is 0 Å². The van der Waals surface area contributed by atoms with Crippen molar-refractivity contribution in [3.63, 3.8) is 0 Å². The molecule has 0 aliphatic heterocycles. The lowest BCUT2D eigenvalue weighted by Crippen LogP contribution is -2.03. The van der Waals surface area contributed by atoms with Crippen molar-refractivity contribution in [2.24, 2.45) is 0 Å². The van der Waals surface area contributed by atoms with Gasteiger partial charge in [0.25, 0.3) is 0 Å². The van der Waals surface area contributed by atoms with Crippen molar-refractivity contribution in [1.29, 1.82) is 0 Å². The smallest absolute Gasteiger partial charge is 0.351 e. The zero-order chi connectivity index (χ0) is 11.7. The third kappa shape index (κ3) is 1.67. The Morgan fingerprint density at radius 2 is 2.19 bits per heavy atom. The number of hydrogen-bond acceptors (Lipinski definition) is 3. The molecule has 0 saturated carbocycles. The Morgan fingerprint density at radius 1 is 1.44 bits per heavy atom. The summed E-state index contributed by atoms with van der Waals surface area (Å²) in [5, 5.41) is -0.143. The third-order valence-corrected chi connectivity index (χ3v) is 3.18. The average Bonchev–Trinajstić information content (AvgIpc) is 2.58. The predicted molar refractivity (Wildman–Crippen MR) is 57.7 cm³/mol. The lowest BCUT2D eigenvalue weighted by molar-refractivity contribution is 0.0527. The van der Waals surface area contributed by atoms with Crippen molar-refractivity contribution in [3.05, 3.63) is 34.7 Å². The highest BCUT2D eigenvalue weighted by molar-refractivity contribution is 7.20. The van der Waals surface area contributed by atoms with E-state index in [1.807, 2.05) is 0 Å². The topological polar surface area (TPSA) is 26.3 Å². The summed E-state index contributed by atoms with van der Waals surface area (Å²) in [6.45, 7) is 1.79. The van der Waals surface area contributed by atoms with Crippen LogP contribution in [0.3, 0.4) is 0 Å². The minimum atomic E-state index is -0.837. The Hall–Kier alpha value is -1.49. The van der Waals surface area contributed by atoms with Crippen LogP contribution in [-0.4, -0.2) is 12.6 Å². The Bertz CT molecular complexity index is 548. The molecule has 0 atom stereocenters. The average molecular weight is 242 g/mol. The summed E-state index contributed by atoms with van der Waals surface area (Å²) in [5.74, 6) is -2.25. The second kappa shape index (κ2) is 4.17. The van der Waals surface area contributed by atoms with Crippen molar-refractivity contribution in [1.82, 2.24) is 0 Å². The molecule has 1 heterocycles. The molecule has 0 bridgehead atoms. The number of thiophene rings is 1. The van der Waals surface area contributed by atoms with Crippen LogP contribution < -0.4 is 0 Å². The second-order valence-electron chi connectivity index (χ2n) is 3.08. The quantitative estimate of drug-likeness (QED) is 0.755. The summed E-state index contributed by atoms with van der Waals surface area (Å²) in [5.41, 5.74) is 0. The number of benzene rings is 1. The van der Waals surface area contributed by atoms with Gasteiger partial charge in [-0.25, -0.2) is 13.6 Å². The SMILES string of the molecule is CCOC(=O)c1sc2cccc(F)c2c1F. The molecule has 0 amide bonds. The summed E-state index contributed by atoms with van der Waals surface area (Å²) < 4.78 is 32.1. The molecular formula is C11H8F2O2S. The Morgan fingerprint density at radius 3 is 2.81 bits per heavy atom. The van der Waals surface area contributed by atoms with Gasteiger partial charge in [-0.2, -0.15) is 0 Å². The van der Waals surface area contributed by atoms with Gasteiger partial charge in [-0.3, -0.25) is 0 Å². The van der Waals surface area contributed by atoms with E-state index >= 15 is 0 Å². The molecule has 0 radical (unpaired) electrons. The van der Waals surface area contributed by atoms with Crippen LogP contribution in [0.15, 0.2) is 18.2 Å². The van der Waals surface area contributed by atoms with Crippen LogP contribution >= 0.6 is 11.3 Å². The van der Waals surface area contributed by atoms with E-state index in [4.69, 9.17) is 0 Å². The summed E-state index contributed by atoms with van der Waals surface area (Å²) >= 11 is 0.897. The molecular weight excluding hydrogens is 234 g/mol. The van der Waals surface area contributed by atoms with E-state index in [2.05, 4.69) is 4.74 Å². The van der Waals surface area contributed by atoms with Crippen LogP contribution in [0.1, 0.15) is 16.6 Å². The van der Waals surface area contributed by atoms with E-state index in [1.165, 1.54) is 6.07 Å². The van der Waals surface area contributed by atoms with E-state index in [9.17, 15) is 13.6 Å². The molecule has 0 aliphatic carbocycles. The first-order valence-corrected chi connectivity index (χ1v) is 5.50. The van der Waals surface area contributed by atoms with Gasteiger partial charge in [-0.1, -0.05) is 6.07 Å². The number of ether oxygens (including phenoxy) is 1. The second-order valence-corrected chi connectivity index (χ2v) is 4.13. The minimum absolute atomic E-state index is 0.143. The van der Waals surface area contributed by atoms with Crippen molar-refractivity contribution >= 4 is 27.4 Å². The molecule has 1 aromatic heterocycles. The number of hydrogen-bond donors (Lipinski definition) is 0. The van der Waals surface area contributed by atoms with Crippen LogP contribution in [0, 0.1) is 11.6 Å². The predicted octanol–water partition coefficient (Wildman–Crippen LogP) is 3.36. The first-order valence-electron chi connectivity index (χ1n) is 4.68. The van der Waals surface area contributed by atoms with Crippen molar-refractivity contribution in [2.75, 3.05) is 6.61 Å². The maximum Gasteiger partial charge on any atom is 0.351 e. The molecule has 0 unspecified atom stereocenters. The van der Waals surface area contributed by atoms with Gasteiger partial charge in [0.15, 0.2) is 5.82 Å². The number of esters is 1. The highest BCUT2D eigenvalue weighted by atomic mass is 32.1. The molecule has 2 aromatic rings. The Kier molecular flexibility index (Phi) is 2.87. The molecule has 1 aromatic carbocycles. The van der Waals surface area contributed by atoms with Gasteiger partial charge in [0.1, 0.15) is 10.7 Å². The normalized spacial score (nSPS) is 10.7. The lowest BCUT2D eigenvalue weighted by Gasteiger charge is -1.97. The Labute approximate surface area is 94.5 Å². The van der Waals surface area contributed by atoms with Crippen LogP contribution in [-0.2, 0) is 4.74 Å². The zero-order valence-electron chi connectivity index (χ0n) is 8.42. The van der Waals surface area contributed by atoms with Gasteiger partial charge in [0.05, 0.1) is 12.0 Å². The maximum absolute atomic E-state index is 13.7. The van der Waals surface area contributed by atoms with Crippen LogP contribution in [0.5, 0.6) is 0 Å². The van der Waals surface area contributed by atoms with E-state index in [0.717, 1.165) is 17.4 Å². The van der Waals surface area contributed by atoms with E-state index in [0.29, 0.717) is 4.70 Å². The number of carbonyl (C=O) groups is 1. The number of halogens is 2. The zero-order valence-corrected chi connectivity index (χ0v) is 9.24. The van der Waals surface area contributed by atoms with E-state index in [1.54, 1.807) is 13.0 Å². The highest BCUT2D eigenvalue weighted by Crippen LogP contribution is 2.32. The van der Waals surface area contributed by atoms with Crippen LogP contribution in [0.2, 0.25) is 0 Å². The minimum Gasteiger partial charge on any atom is -0.462 e. The molecule has 0 aliphatic rings. The molecule has 0 fully saturated rings. The van der Waals surface area contributed by atoms with Gasteiger partial charge in [-0.15, -0.1) is 11.3 Å². The standard InChI is InChI=1S/C11H8F2O2S/c1-2-15-11(14)10-9(13)8-6(12)4-3-5-7(8)16-10/h3-5H,2H2,1H3. The van der Waals surface area contributed by atoms with Gasteiger partial charge in [-0.05, 0) is 19.1 Å². The summed E-state index contributed by atoms with van der Waals surface area (Å²) in [7, 11) is 0. The monoisotopic (exact) mass is 242 g/mol. The molecule has 16 heavy (non-hydrogen) atoms. The fourth-order valence-electron chi connectivity index (χ4n) is 1.40. The Balaban J connectivity index is 2.61. The van der Waals surface area contributed by atoms with Crippen molar-refractivity contribution < 1.29 is 18.3 Å². The molecule has 2 rings (SSSR count). The van der Waals surface area contributed by atoms with Crippen LogP contribution in [0.25, 0.3) is 10.1 Å². The van der Waals surface area contributed by atoms with Gasteiger partial charge >= 0.3 is 5.97 Å². The number of carbonyl (C=O) groups excluding carboxylic acids is 1. The molecule has 5 heteroatoms. The van der Waals surface area contributed by atoms with Gasteiger partial charge in [0.2, 0.25) is 0 Å². The van der Waals surface area contributed by atoms with E-state index in [-0.39, 0.29) is 16.9 Å². The number of rotatable bonds is 2. The molecule has 2 nitrogen and oxygen atoms in total. The first kappa shape index (κ1) is 11.0.